The van der Waals surface area contributed by atoms with E-state index < -0.39 is 11.7 Å². The molecular weight excluding hydrogens is 321 g/mol. The lowest BCUT2D eigenvalue weighted by Gasteiger charge is -2.13. The third-order valence-electron chi connectivity index (χ3n) is 2.81. The zero-order chi connectivity index (χ0) is 16.3. The number of ether oxygens (including phenoxy) is 2. The van der Waals surface area contributed by atoms with Crippen LogP contribution in [0.3, 0.4) is 0 Å². The van der Waals surface area contributed by atoms with Gasteiger partial charge in [0.2, 0.25) is 0 Å². The van der Waals surface area contributed by atoms with Crippen molar-refractivity contribution in [3.8, 4) is 17.2 Å². The summed E-state index contributed by atoms with van der Waals surface area (Å²) in [5.74, 6) is 0.516. The van der Waals surface area contributed by atoms with Crippen LogP contribution < -0.4 is 9.47 Å². The van der Waals surface area contributed by atoms with Crippen LogP contribution in [0.25, 0.3) is 0 Å². The summed E-state index contributed by atoms with van der Waals surface area (Å²) in [4.78, 5) is 11.0. The van der Waals surface area contributed by atoms with Gasteiger partial charge in [0.1, 0.15) is 5.75 Å². The van der Waals surface area contributed by atoms with Crippen molar-refractivity contribution < 1.29 is 27.4 Å². The minimum absolute atomic E-state index is 0.0105. The molecule has 0 atom stereocenters. The Morgan fingerprint density at radius 2 is 1.73 bits per heavy atom. The second kappa shape index (κ2) is 6.27. The monoisotopic (exact) mass is 330 g/mol. The molecule has 0 N–H and O–H groups in total. The molecular formula is C15H10ClF3O3. The normalized spacial score (nSPS) is 11.1. The third kappa shape index (κ3) is 3.51. The minimum Gasteiger partial charge on any atom is -0.493 e. The molecule has 0 radical (unpaired) electrons. The topological polar surface area (TPSA) is 35.5 Å². The van der Waals surface area contributed by atoms with Gasteiger partial charge in [0.25, 0.3) is 0 Å². The van der Waals surface area contributed by atoms with E-state index in [2.05, 4.69) is 0 Å². The number of rotatable bonds is 4. The summed E-state index contributed by atoms with van der Waals surface area (Å²) in [6, 6.07) is 7.16. The standard InChI is InChI=1S/C15H10ClF3O3/c1-21-14-7-11(16)3-5-13(14)22-12-4-2-10(15(17,18)19)6-9(12)8-20/h2-8H,1H3. The van der Waals surface area contributed by atoms with Gasteiger partial charge < -0.3 is 9.47 Å². The van der Waals surface area contributed by atoms with Crippen molar-refractivity contribution in [2.45, 2.75) is 6.18 Å². The number of hydrogen-bond donors (Lipinski definition) is 0. The van der Waals surface area contributed by atoms with Gasteiger partial charge in [-0.15, -0.1) is 0 Å². The summed E-state index contributed by atoms with van der Waals surface area (Å²) in [6.07, 6.45) is -4.23. The number of hydrogen-bond acceptors (Lipinski definition) is 3. The Balaban J connectivity index is 2.40. The van der Waals surface area contributed by atoms with Gasteiger partial charge in [-0.25, -0.2) is 0 Å². The van der Waals surface area contributed by atoms with Gasteiger partial charge in [0, 0.05) is 11.1 Å². The molecule has 0 unspecified atom stereocenters. The highest BCUT2D eigenvalue weighted by atomic mass is 35.5. The Morgan fingerprint density at radius 3 is 2.32 bits per heavy atom. The van der Waals surface area contributed by atoms with E-state index in [4.69, 9.17) is 21.1 Å². The Bertz CT molecular complexity index is 699. The van der Waals surface area contributed by atoms with Gasteiger partial charge in [-0.05, 0) is 30.3 Å². The van der Waals surface area contributed by atoms with Crippen LogP contribution in [0, 0.1) is 0 Å². The molecule has 0 heterocycles. The van der Waals surface area contributed by atoms with E-state index in [1.54, 1.807) is 0 Å². The lowest BCUT2D eigenvalue weighted by molar-refractivity contribution is -0.137. The molecule has 2 aromatic rings. The number of halogens is 4. The van der Waals surface area contributed by atoms with E-state index in [1.807, 2.05) is 0 Å². The molecule has 0 fully saturated rings. The van der Waals surface area contributed by atoms with Gasteiger partial charge in [0.05, 0.1) is 18.2 Å². The quantitative estimate of drug-likeness (QED) is 0.742. The van der Waals surface area contributed by atoms with E-state index in [9.17, 15) is 18.0 Å². The number of carbonyl (C=O) groups excluding carboxylic acids is 1. The van der Waals surface area contributed by atoms with E-state index >= 15 is 0 Å². The molecule has 116 valence electrons. The highest BCUT2D eigenvalue weighted by Gasteiger charge is 2.31. The molecule has 3 nitrogen and oxygen atoms in total. The summed E-state index contributed by atoms with van der Waals surface area (Å²) in [5, 5.41) is 0.409. The van der Waals surface area contributed by atoms with Crippen LogP contribution in [0.4, 0.5) is 13.2 Å². The number of carbonyl (C=O) groups is 1. The summed E-state index contributed by atoms with van der Waals surface area (Å²) in [5.41, 5.74) is -1.14. The predicted molar refractivity (Wildman–Crippen MR) is 74.9 cm³/mol. The maximum Gasteiger partial charge on any atom is 0.416 e. The van der Waals surface area contributed by atoms with E-state index in [1.165, 1.54) is 25.3 Å². The van der Waals surface area contributed by atoms with Crippen molar-refractivity contribution in [2.24, 2.45) is 0 Å². The fraction of sp³-hybridized carbons (Fsp3) is 0.133. The molecule has 7 heteroatoms. The van der Waals surface area contributed by atoms with E-state index in [0.29, 0.717) is 17.1 Å². The van der Waals surface area contributed by atoms with Crippen molar-refractivity contribution in [3.05, 3.63) is 52.5 Å². The van der Waals surface area contributed by atoms with Crippen molar-refractivity contribution in [2.75, 3.05) is 7.11 Å². The molecule has 0 aliphatic carbocycles. The van der Waals surface area contributed by atoms with Crippen LogP contribution in [0.2, 0.25) is 5.02 Å². The van der Waals surface area contributed by atoms with Gasteiger partial charge in [-0.3, -0.25) is 4.79 Å². The molecule has 0 aliphatic rings. The highest BCUT2D eigenvalue weighted by molar-refractivity contribution is 6.30. The molecule has 0 saturated heterocycles. The number of alkyl halides is 3. The van der Waals surface area contributed by atoms with Gasteiger partial charge in [0.15, 0.2) is 17.8 Å². The van der Waals surface area contributed by atoms with Crippen LogP contribution in [0.15, 0.2) is 36.4 Å². The van der Waals surface area contributed by atoms with Crippen molar-refractivity contribution >= 4 is 17.9 Å². The Kier molecular flexibility index (Phi) is 4.61. The second-order valence-corrected chi connectivity index (χ2v) is 4.70. The summed E-state index contributed by atoms with van der Waals surface area (Å²) in [6.45, 7) is 0. The largest absolute Gasteiger partial charge is 0.493 e. The minimum atomic E-state index is -4.53. The zero-order valence-electron chi connectivity index (χ0n) is 11.3. The fourth-order valence-electron chi connectivity index (χ4n) is 1.75. The van der Waals surface area contributed by atoms with Gasteiger partial charge in [-0.2, -0.15) is 13.2 Å². The predicted octanol–water partition coefficient (Wildman–Crippen LogP) is 4.97. The summed E-state index contributed by atoms with van der Waals surface area (Å²) in [7, 11) is 1.39. The number of benzene rings is 2. The first-order chi connectivity index (χ1) is 10.3. The lowest BCUT2D eigenvalue weighted by Crippen LogP contribution is -2.06. The Labute approximate surface area is 129 Å². The van der Waals surface area contributed by atoms with Gasteiger partial charge >= 0.3 is 6.18 Å². The average Bonchev–Trinajstić information content (AvgIpc) is 2.48. The summed E-state index contributed by atoms with van der Waals surface area (Å²) < 4.78 is 48.4. The van der Waals surface area contributed by atoms with Crippen LogP contribution >= 0.6 is 11.6 Å². The maximum absolute atomic E-state index is 12.6. The second-order valence-electron chi connectivity index (χ2n) is 4.27. The zero-order valence-corrected chi connectivity index (χ0v) is 12.0. The average molecular weight is 331 g/mol. The van der Waals surface area contributed by atoms with Crippen LogP contribution in [0.1, 0.15) is 15.9 Å². The first-order valence-electron chi connectivity index (χ1n) is 6.03. The molecule has 0 aliphatic heterocycles. The number of methoxy groups -OCH3 is 1. The Hall–Kier alpha value is -2.21. The molecule has 0 aromatic heterocycles. The van der Waals surface area contributed by atoms with Crippen molar-refractivity contribution in [3.63, 3.8) is 0 Å². The van der Waals surface area contributed by atoms with Crippen LogP contribution in [0.5, 0.6) is 17.2 Å². The SMILES string of the molecule is COc1cc(Cl)ccc1Oc1ccc(C(F)(F)F)cc1C=O. The van der Waals surface area contributed by atoms with Crippen LogP contribution in [-0.4, -0.2) is 13.4 Å². The summed E-state index contributed by atoms with van der Waals surface area (Å²) >= 11 is 5.81. The molecule has 0 spiro atoms. The smallest absolute Gasteiger partial charge is 0.416 e. The van der Waals surface area contributed by atoms with E-state index in [-0.39, 0.29) is 17.1 Å². The van der Waals surface area contributed by atoms with Gasteiger partial charge in [-0.1, -0.05) is 11.6 Å². The maximum atomic E-state index is 12.6. The first kappa shape index (κ1) is 16.2. The van der Waals surface area contributed by atoms with Crippen molar-refractivity contribution in [1.82, 2.24) is 0 Å². The molecule has 2 rings (SSSR count). The molecule has 0 bridgehead atoms. The fourth-order valence-corrected chi connectivity index (χ4v) is 1.92. The van der Waals surface area contributed by atoms with Crippen LogP contribution in [-0.2, 0) is 6.18 Å². The van der Waals surface area contributed by atoms with Crippen molar-refractivity contribution in [1.29, 1.82) is 0 Å². The lowest BCUT2D eigenvalue weighted by atomic mass is 10.1. The molecule has 2 aromatic carbocycles. The number of aldehydes is 1. The third-order valence-corrected chi connectivity index (χ3v) is 3.04. The molecule has 0 saturated carbocycles. The highest BCUT2D eigenvalue weighted by Crippen LogP contribution is 2.37. The van der Waals surface area contributed by atoms with E-state index in [0.717, 1.165) is 18.2 Å². The molecule has 22 heavy (non-hydrogen) atoms. The Morgan fingerprint density at radius 1 is 1.05 bits per heavy atom. The molecule has 0 amide bonds. The first-order valence-corrected chi connectivity index (χ1v) is 6.40.